The number of ether oxygens (including phenoxy) is 1. The predicted molar refractivity (Wildman–Crippen MR) is 87.1 cm³/mol. The van der Waals surface area contributed by atoms with Crippen molar-refractivity contribution in [1.82, 2.24) is 19.7 Å². The van der Waals surface area contributed by atoms with E-state index >= 15 is 0 Å². The van der Waals surface area contributed by atoms with Gasteiger partial charge in [-0.05, 0) is 17.7 Å². The van der Waals surface area contributed by atoms with Gasteiger partial charge in [-0.2, -0.15) is 5.10 Å². The lowest BCUT2D eigenvalue weighted by Gasteiger charge is -2.07. The van der Waals surface area contributed by atoms with E-state index in [0.717, 1.165) is 5.56 Å². The normalized spacial score (nSPS) is 10.4. The Morgan fingerprint density at radius 3 is 2.75 bits per heavy atom. The molecule has 0 spiro atoms. The van der Waals surface area contributed by atoms with Crippen molar-refractivity contribution in [3.63, 3.8) is 0 Å². The lowest BCUT2D eigenvalue weighted by Crippen LogP contribution is -2.17. The maximum absolute atomic E-state index is 12.2. The van der Waals surface area contributed by atoms with Crippen molar-refractivity contribution < 1.29 is 9.53 Å². The number of methoxy groups -OCH3 is 1. The van der Waals surface area contributed by atoms with Gasteiger partial charge in [0.05, 0.1) is 13.7 Å². The molecule has 122 valence electrons. The maximum Gasteiger partial charge on any atom is 0.272 e. The second kappa shape index (κ2) is 6.78. The van der Waals surface area contributed by atoms with E-state index in [-0.39, 0.29) is 16.9 Å². The van der Waals surface area contributed by atoms with Crippen LogP contribution in [0.3, 0.4) is 0 Å². The molecule has 0 aliphatic heterocycles. The number of nitrogens with one attached hydrogen (secondary N) is 2. The molecule has 0 fully saturated rings. The first kappa shape index (κ1) is 15.5. The van der Waals surface area contributed by atoms with E-state index < -0.39 is 5.91 Å². The molecule has 0 aliphatic rings. The topological polar surface area (TPSA) is 102 Å². The number of benzene rings is 1. The second-order valence-electron chi connectivity index (χ2n) is 5.02. The first-order chi connectivity index (χ1) is 11.7. The van der Waals surface area contributed by atoms with Gasteiger partial charge in [0.1, 0.15) is 18.3 Å². The number of H-pyrrole nitrogens is 1. The maximum atomic E-state index is 12.2. The van der Waals surface area contributed by atoms with Gasteiger partial charge in [0.25, 0.3) is 5.91 Å². The zero-order chi connectivity index (χ0) is 16.9. The minimum atomic E-state index is -0.404. The van der Waals surface area contributed by atoms with Crippen LogP contribution in [0.1, 0.15) is 16.1 Å². The summed E-state index contributed by atoms with van der Waals surface area (Å²) in [5.41, 5.74) is 1.45. The molecular formula is C16H15N5O3. The van der Waals surface area contributed by atoms with Gasteiger partial charge in [-0.25, -0.2) is 9.67 Å². The minimum Gasteiger partial charge on any atom is -0.491 e. The van der Waals surface area contributed by atoms with E-state index in [9.17, 15) is 9.59 Å². The Balaban J connectivity index is 1.68. The fourth-order valence-corrected chi connectivity index (χ4v) is 2.14. The number of pyridine rings is 1. The Morgan fingerprint density at radius 2 is 2.12 bits per heavy atom. The summed E-state index contributed by atoms with van der Waals surface area (Å²) in [6, 6.07) is 8.53. The predicted octanol–water partition coefficient (Wildman–Crippen LogP) is 1.28. The molecule has 3 rings (SSSR count). The van der Waals surface area contributed by atoms with E-state index in [1.54, 1.807) is 23.1 Å². The van der Waals surface area contributed by atoms with E-state index in [2.05, 4.69) is 20.4 Å². The third kappa shape index (κ3) is 3.49. The molecule has 0 bridgehead atoms. The van der Waals surface area contributed by atoms with Crippen molar-refractivity contribution >= 4 is 11.6 Å². The Morgan fingerprint density at radius 1 is 1.33 bits per heavy atom. The summed E-state index contributed by atoms with van der Waals surface area (Å²) in [6.45, 7) is 0.597. The molecule has 0 radical (unpaired) electrons. The highest BCUT2D eigenvalue weighted by molar-refractivity contribution is 6.02. The standard InChI is InChI=1S/C16H15N5O3/c1-24-15-7-18-13(6-14(15)22)16(23)20-12-4-2-11(3-5-12)8-21-10-17-9-19-21/h2-7,9-10H,8H2,1H3,(H,18,22)(H,20,23). The largest absolute Gasteiger partial charge is 0.491 e. The zero-order valence-corrected chi connectivity index (χ0v) is 12.9. The average molecular weight is 325 g/mol. The number of carbonyl (C=O) groups excluding carboxylic acids is 1. The van der Waals surface area contributed by atoms with E-state index in [4.69, 9.17) is 4.74 Å². The fourth-order valence-electron chi connectivity index (χ4n) is 2.14. The third-order valence-electron chi connectivity index (χ3n) is 3.36. The molecule has 8 heteroatoms. The highest BCUT2D eigenvalue weighted by Crippen LogP contribution is 2.12. The average Bonchev–Trinajstić information content (AvgIpc) is 3.09. The number of aromatic amines is 1. The number of aromatic nitrogens is 4. The van der Waals surface area contributed by atoms with E-state index in [0.29, 0.717) is 12.2 Å². The van der Waals surface area contributed by atoms with Crippen LogP contribution in [-0.2, 0) is 6.54 Å². The number of rotatable bonds is 5. The van der Waals surface area contributed by atoms with Crippen LogP contribution in [0.5, 0.6) is 5.75 Å². The summed E-state index contributed by atoms with van der Waals surface area (Å²) < 4.78 is 6.57. The molecule has 8 nitrogen and oxygen atoms in total. The van der Waals surface area contributed by atoms with Crippen LogP contribution < -0.4 is 15.5 Å². The molecule has 0 saturated carbocycles. The van der Waals surface area contributed by atoms with Gasteiger partial charge in [-0.1, -0.05) is 12.1 Å². The monoisotopic (exact) mass is 325 g/mol. The smallest absolute Gasteiger partial charge is 0.272 e. The first-order valence-electron chi connectivity index (χ1n) is 7.15. The molecule has 0 aliphatic carbocycles. The number of hydrogen-bond donors (Lipinski definition) is 2. The fraction of sp³-hybridized carbons (Fsp3) is 0.125. The molecule has 1 aromatic carbocycles. The number of anilines is 1. The summed E-state index contributed by atoms with van der Waals surface area (Å²) in [5, 5.41) is 6.76. The summed E-state index contributed by atoms with van der Waals surface area (Å²) in [5.74, 6) is -0.247. The van der Waals surface area contributed by atoms with Crippen molar-refractivity contribution in [3.05, 3.63) is 70.7 Å². The number of carbonyl (C=O) groups is 1. The van der Waals surface area contributed by atoms with Crippen molar-refractivity contribution in [2.24, 2.45) is 0 Å². The van der Waals surface area contributed by atoms with Crippen LogP contribution in [0.15, 0.2) is 54.0 Å². The zero-order valence-electron chi connectivity index (χ0n) is 12.9. The summed E-state index contributed by atoms with van der Waals surface area (Å²) in [7, 11) is 1.39. The van der Waals surface area contributed by atoms with Gasteiger partial charge >= 0.3 is 0 Å². The van der Waals surface area contributed by atoms with Crippen molar-refractivity contribution in [1.29, 1.82) is 0 Å². The molecule has 3 aromatic rings. The molecule has 24 heavy (non-hydrogen) atoms. The third-order valence-corrected chi connectivity index (χ3v) is 3.36. The van der Waals surface area contributed by atoms with E-state index in [1.807, 2.05) is 12.1 Å². The van der Waals surface area contributed by atoms with Gasteiger partial charge in [0, 0.05) is 18.0 Å². The molecule has 2 N–H and O–H groups in total. The van der Waals surface area contributed by atoms with Gasteiger partial charge < -0.3 is 15.0 Å². The second-order valence-corrected chi connectivity index (χ2v) is 5.02. The van der Waals surface area contributed by atoms with Crippen LogP contribution in [0.4, 0.5) is 5.69 Å². The van der Waals surface area contributed by atoms with Crippen molar-refractivity contribution in [2.75, 3.05) is 12.4 Å². The number of hydrogen-bond acceptors (Lipinski definition) is 5. The Kier molecular flexibility index (Phi) is 4.37. The molecule has 2 aromatic heterocycles. The van der Waals surface area contributed by atoms with Crippen molar-refractivity contribution in [3.8, 4) is 5.75 Å². The Bertz CT molecular complexity index is 885. The first-order valence-corrected chi connectivity index (χ1v) is 7.15. The van der Waals surface area contributed by atoms with Crippen LogP contribution in [0, 0.1) is 0 Å². The summed E-state index contributed by atoms with van der Waals surface area (Å²) in [6.07, 6.45) is 4.47. The van der Waals surface area contributed by atoms with Crippen LogP contribution in [0.25, 0.3) is 0 Å². The molecule has 2 heterocycles. The quantitative estimate of drug-likeness (QED) is 0.735. The highest BCUT2D eigenvalue weighted by Gasteiger charge is 2.09. The molecule has 1 amide bonds. The van der Waals surface area contributed by atoms with Crippen LogP contribution in [-0.4, -0.2) is 32.8 Å². The van der Waals surface area contributed by atoms with Crippen LogP contribution >= 0.6 is 0 Å². The van der Waals surface area contributed by atoms with Gasteiger partial charge in [-0.15, -0.1) is 0 Å². The van der Waals surface area contributed by atoms with Gasteiger partial charge in [0.2, 0.25) is 5.43 Å². The SMILES string of the molecule is COc1c[nH]c(C(=O)Nc2ccc(Cn3cncn3)cc2)cc1=O. The van der Waals surface area contributed by atoms with E-state index in [1.165, 1.54) is 25.7 Å². The lowest BCUT2D eigenvalue weighted by atomic mass is 10.2. The molecule has 0 atom stereocenters. The minimum absolute atomic E-state index is 0.156. The van der Waals surface area contributed by atoms with Crippen molar-refractivity contribution in [2.45, 2.75) is 6.54 Å². The number of amides is 1. The lowest BCUT2D eigenvalue weighted by molar-refractivity contribution is 0.102. The molecular weight excluding hydrogens is 310 g/mol. The van der Waals surface area contributed by atoms with Gasteiger partial charge in [-0.3, -0.25) is 9.59 Å². The Labute approximate surface area is 137 Å². The van der Waals surface area contributed by atoms with Gasteiger partial charge in [0.15, 0.2) is 5.75 Å². The highest BCUT2D eigenvalue weighted by atomic mass is 16.5. The Hall–Kier alpha value is -3.42. The number of nitrogens with zero attached hydrogens (tertiary/aromatic N) is 3. The summed E-state index contributed by atoms with van der Waals surface area (Å²) >= 11 is 0. The van der Waals surface area contributed by atoms with Crippen LogP contribution in [0.2, 0.25) is 0 Å². The summed E-state index contributed by atoms with van der Waals surface area (Å²) in [4.78, 5) is 30.5. The molecule has 0 unspecified atom stereocenters. The molecule has 0 saturated heterocycles.